The summed E-state index contributed by atoms with van der Waals surface area (Å²) in [7, 11) is 1.78. The molecule has 2 aromatic heterocycles. The van der Waals surface area contributed by atoms with Crippen molar-refractivity contribution in [2.45, 2.75) is 26.3 Å². The minimum Gasteiger partial charge on any atom is -0.356 e. The zero-order valence-electron chi connectivity index (χ0n) is 16.7. The van der Waals surface area contributed by atoms with E-state index >= 15 is 0 Å². The van der Waals surface area contributed by atoms with Crippen molar-refractivity contribution >= 4 is 52.9 Å². The molecular formula is C20H26ClIN6S. The lowest BCUT2D eigenvalue weighted by Crippen LogP contribution is -2.41. The molecule has 3 rings (SSSR count). The van der Waals surface area contributed by atoms with Crippen LogP contribution in [0.25, 0.3) is 0 Å². The summed E-state index contributed by atoms with van der Waals surface area (Å²) >= 11 is 7.80. The lowest BCUT2D eigenvalue weighted by atomic mass is 10.1. The van der Waals surface area contributed by atoms with Gasteiger partial charge in [-0.15, -0.1) is 35.3 Å². The molecule has 0 aliphatic rings. The molecule has 1 unspecified atom stereocenters. The molecule has 0 aliphatic carbocycles. The number of thiazole rings is 1. The molecule has 0 saturated heterocycles. The van der Waals surface area contributed by atoms with Crippen molar-refractivity contribution in [2.75, 3.05) is 20.1 Å². The van der Waals surface area contributed by atoms with E-state index in [0.717, 1.165) is 40.2 Å². The first kappa shape index (κ1) is 23.6. The number of hydrogen-bond acceptors (Lipinski definition) is 4. The van der Waals surface area contributed by atoms with Crippen LogP contribution < -0.4 is 10.6 Å². The molecule has 2 heterocycles. The second-order valence-corrected chi connectivity index (χ2v) is 8.15. The highest BCUT2D eigenvalue weighted by atomic mass is 127. The van der Waals surface area contributed by atoms with Crippen molar-refractivity contribution in [2.24, 2.45) is 4.99 Å². The van der Waals surface area contributed by atoms with Gasteiger partial charge in [0.1, 0.15) is 0 Å². The molecule has 156 valence electrons. The van der Waals surface area contributed by atoms with Crippen LogP contribution in [0.2, 0.25) is 5.02 Å². The quantitative estimate of drug-likeness (QED) is 0.265. The second-order valence-electron chi connectivity index (χ2n) is 6.42. The number of guanidine groups is 1. The maximum absolute atomic E-state index is 6.04. The van der Waals surface area contributed by atoms with Crippen molar-refractivity contribution in [1.29, 1.82) is 0 Å². The van der Waals surface area contributed by atoms with Gasteiger partial charge in [0.2, 0.25) is 0 Å². The number of aryl methyl sites for hydroxylation is 2. The Bertz CT molecular complexity index is 908. The van der Waals surface area contributed by atoms with Gasteiger partial charge >= 0.3 is 0 Å². The Morgan fingerprint density at radius 2 is 2.00 bits per heavy atom. The smallest absolute Gasteiger partial charge is 0.191 e. The number of halogens is 2. The summed E-state index contributed by atoms with van der Waals surface area (Å²) < 4.78 is 1.94. The van der Waals surface area contributed by atoms with Gasteiger partial charge in [0, 0.05) is 48.9 Å². The number of aliphatic imine (C=N–C) groups is 1. The predicted octanol–water partition coefficient (Wildman–Crippen LogP) is 4.22. The van der Waals surface area contributed by atoms with Crippen LogP contribution in [0.1, 0.15) is 27.2 Å². The summed E-state index contributed by atoms with van der Waals surface area (Å²) in [6.07, 6.45) is 4.68. The largest absolute Gasteiger partial charge is 0.356 e. The normalized spacial score (nSPS) is 12.3. The van der Waals surface area contributed by atoms with Crippen LogP contribution in [0.15, 0.2) is 47.7 Å². The van der Waals surface area contributed by atoms with E-state index < -0.39 is 0 Å². The van der Waals surface area contributed by atoms with E-state index in [9.17, 15) is 0 Å². The van der Waals surface area contributed by atoms with E-state index in [1.165, 1.54) is 4.88 Å². The Morgan fingerprint density at radius 3 is 2.59 bits per heavy atom. The van der Waals surface area contributed by atoms with Crippen molar-refractivity contribution in [1.82, 2.24) is 25.4 Å². The fourth-order valence-corrected chi connectivity index (χ4v) is 4.09. The Balaban J connectivity index is 0.00000300. The Morgan fingerprint density at radius 1 is 1.24 bits per heavy atom. The Kier molecular flexibility index (Phi) is 9.38. The predicted molar refractivity (Wildman–Crippen MR) is 132 cm³/mol. The van der Waals surface area contributed by atoms with Gasteiger partial charge in [-0.25, -0.2) is 4.98 Å². The van der Waals surface area contributed by atoms with Crippen molar-refractivity contribution < 1.29 is 0 Å². The lowest BCUT2D eigenvalue weighted by molar-refractivity contribution is 0.511. The first-order valence-corrected chi connectivity index (χ1v) is 10.4. The molecular weight excluding hydrogens is 519 g/mol. The SMILES string of the molecule is CN=C(NCCc1sc(C)nc1C)NCC(c1ccc(Cl)cc1)n1cccn1.I. The van der Waals surface area contributed by atoms with Gasteiger partial charge in [0.25, 0.3) is 0 Å². The summed E-state index contributed by atoms with van der Waals surface area (Å²) in [6, 6.07) is 9.83. The fraction of sp³-hybridized carbons (Fsp3) is 0.350. The molecule has 1 atom stereocenters. The van der Waals surface area contributed by atoms with Crippen molar-refractivity contribution in [3.05, 3.63) is 68.9 Å². The van der Waals surface area contributed by atoms with E-state index in [4.69, 9.17) is 11.6 Å². The van der Waals surface area contributed by atoms with Crippen LogP contribution in [0, 0.1) is 13.8 Å². The van der Waals surface area contributed by atoms with E-state index in [-0.39, 0.29) is 30.0 Å². The molecule has 0 saturated carbocycles. The number of hydrogen-bond donors (Lipinski definition) is 2. The minimum absolute atomic E-state index is 0. The molecule has 2 N–H and O–H groups in total. The summed E-state index contributed by atoms with van der Waals surface area (Å²) in [5.74, 6) is 0.769. The maximum atomic E-state index is 6.04. The first-order chi connectivity index (χ1) is 13.6. The van der Waals surface area contributed by atoms with Crippen molar-refractivity contribution in [3.8, 4) is 0 Å². The summed E-state index contributed by atoms with van der Waals surface area (Å²) in [5.41, 5.74) is 2.25. The molecule has 0 amide bonds. The molecule has 0 fully saturated rings. The molecule has 29 heavy (non-hydrogen) atoms. The van der Waals surface area contributed by atoms with E-state index in [2.05, 4.69) is 32.6 Å². The highest BCUT2D eigenvalue weighted by Gasteiger charge is 2.15. The average molecular weight is 545 g/mol. The molecule has 0 spiro atoms. The third-order valence-electron chi connectivity index (χ3n) is 4.43. The molecule has 3 aromatic rings. The van der Waals surface area contributed by atoms with Gasteiger partial charge in [-0.3, -0.25) is 9.67 Å². The molecule has 1 aromatic carbocycles. The highest BCUT2D eigenvalue weighted by molar-refractivity contribution is 14.0. The van der Waals surface area contributed by atoms with Gasteiger partial charge in [-0.2, -0.15) is 5.10 Å². The highest BCUT2D eigenvalue weighted by Crippen LogP contribution is 2.19. The first-order valence-electron chi connectivity index (χ1n) is 9.19. The van der Waals surface area contributed by atoms with Crippen molar-refractivity contribution in [3.63, 3.8) is 0 Å². The van der Waals surface area contributed by atoms with Crippen LogP contribution in [-0.2, 0) is 6.42 Å². The van der Waals surface area contributed by atoms with Gasteiger partial charge in [-0.05, 0) is 37.6 Å². The number of nitrogens with one attached hydrogen (secondary N) is 2. The third kappa shape index (κ3) is 6.68. The zero-order valence-corrected chi connectivity index (χ0v) is 20.6. The van der Waals surface area contributed by atoms with Crippen LogP contribution in [0.4, 0.5) is 0 Å². The number of rotatable bonds is 7. The van der Waals surface area contributed by atoms with Gasteiger partial charge in [-0.1, -0.05) is 23.7 Å². The standard InChI is InChI=1S/C20H25ClN6S.HI/c1-14-19(28-15(2)26-14)9-11-23-20(22-3)24-13-18(27-12-4-10-25-27)16-5-7-17(21)8-6-16;/h4-8,10,12,18H,9,11,13H2,1-3H3,(H2,22,23,24);1H. The lowest BCUT2D eigenvalue weighted by Gasteiger charge is -2.20. The van der Waals surface area contributed by atoms with Crippen LogP contribution in [-0.4, -0.2) is 40.9 Å². The van der Waals surface area contributed by atoms with E-state index in [1.54, 1.807) is 24.6 Å². The number of nitrogens with zero attached hydrogens (tertiary/aromatic N) is 4. The minimum atomic E-state index is 0. The van der Waals surface area contributed by atoms with Gasteiger partial charge < -0.3 is 10.6 Å². The molecule has 0 aliphatic heterocycles. The van der Waals surface area contributed by atoms with Gasteiger partial charge in [0.15, 0.2) is 5.96 Å². The monoisotopic (exact) mass is 544 g/mol. The summed E-state index contributed by atoms with van der Waals surface area (Å²) in [5, 5.41) is 13.0. The topological polar surface area (TPSA) is 67.1 Å². The maximum Gasteiger partial charge on any atom is 0.191 e. The van der Waals surface area contributed by atoms with E-state index in [0.29, 0.717) is 6.54 Å². The van der Waals surface area contributed by atoms with Gasteiger partial charge in [0.05, 0.1) is 16.7 Å². The molecule has 6 nitrogen and oxygen atoms in total. The molecule has 0 radical (unpaired) electrons. The van der Waals surface area contributed by atoms with E-state index in [1.807, 2.05) is 48.1 Å². The van der Waals surface area contributed by atoms with Crippen LogP contribution in [0.5, 0.6) is 0 Å². The third-order valence-corrected chi connectivity index (χ3v) is 5.81. The zero-order chi connectivity index (χ0) is 19.9. The summed E-state index contributed by atoms with van der Waals surface area (Å²) in [4.78, 5) is 10.1. The van der Waals surface area contributed by atoms with Crippen LogP contribution >= 0.6 is 46.9 Å². The molecule has 9 heteroatoms. The molecule has 0 bridgehead atoms. The Labute approximate surface area is 197 Å². The van der Waals surface area contributed by atoms with Crippen LogP contribution in [0.3, 0.4) is 0 Å². The summed E-state index contributed by atoms with van der Waals surface area (Å²) in [6.45, 7) is 5.56. The number of benzene rings is 1. The Hall–Kier alpha value is -1.65. The second kappa shape index (κ2) is 11.5. The number of aromatic nitrogens is 3. The average Bonchev–Trinajstić information content (AvgIpc) is 3.31. The fourth-order valence-electron chi connectivity index (χ4n) is 3.03.